The number of nitrogens with zero attached hydrogens (tertiary/aromatic N) is 4. The summed E-state index contributed by atoms with van der Waals surface area (Å²) in [5, 5.41) is 17.0. The molecule has 0 spiro atoms. The Morgan fingerprint density at radius 3 is 2.10 bits per heavy atom. The molecule has 2 aromatic heterocycles. The summed E-state index contributed by atoms with van der Waals surface area (Å²) in [4.78, 5) is 13.1. The second-order valence-corrected chi connectivity index (χ2v) is 7.04. The molecule has 4 N–H and O–H groups in total. The van der Waals surface area contributed by atoms with Gasteiger partial charge in [0, 0.05) is 28.3 Å². The summed E-state index contributed by atoms with van der Waals surface area (Å²) >= 11 is 5.36. The summed E-state index contributed by atoms with van der Waals surface area (Å²) in [5.41, 5.74) is 4.45. The van der Waals surface area contributed by atoms with Gasteiger partial charge in [0.1, 0.15) is 0 Å². The smallest absolute Gasteiger partial charge is 0.249 e. The van der Waals surface area contributed by atoms with E-state index in [4.69, 9.17) is 12.2 Å². The molecule has 150 valence electrons. The van der Waals surface area contributed by atoms with E-state index in [1.165, 1.54) is 0 Å². The van der Waals surface area contributed by atoms with Crippen LogP contribution in [0, 0.1) is 13.8 Å². The summed E-state index contributed by atoms with van der Waals surface area (Å²) in [6, 6.07) is 19.4. The molecule has 2 heterocycles. The number of rotatable bonds is 5. The third kappa shape index (κ3) is 4.95. The van der Waals surface area contributed by atoms with Crippen LogP contribution in [0.3, 0.4) is 0 Å². The molecule has 0 unspecified atom stereocenters. The van der Waals surface area contributed by atoms with Crippen LogP contribution in [0.1, 0.15) is 11.4 Å². The van der Waals surface area contributed by atoms with Crippen LogP contribution in [-0.2, 0) is 0 Å². The lowest BCUT2D eigenvalue weighted by molar-refractivity contribution is 1.04. The number of thiocarbonyl (C=S) groups is 1. The SMILES string of the molecule is Cc1cc(C)nc(Nc2n[nH]c(-c3ccc(NC(=S)Nc4ccccc4)cc3)n2)n1. The van der Waals surface area contributed by atoms with Gasteiger partial charge in [0.25, 0.3) is 0 Å². The minimum absolute atomic E-state index is 0.408. The molecule has 9 heteroatoms. The largest absolute Gasteiger partial charge is 0.332 e. The first-order valence-electron chi connectivity index (χ1n) is 9.30. The molecule has 0 saturated heterocycles. The summed E-state index contributed by atoms with van der Waals surface area (Å²) in [6.07, 6.45) is 0. The van der Waals surface area contributed by atoms with Gasteiger partial charge in [-0.2, -0.15) is 4.98 Å². The average Bonchev–Trinajstić information content (AvgIpc) is 3.17. The third-order valence-corrected chi connectivity index (χ3v) is 4.34. The summed E-state index contributed by atoms with van der Waals surface area (Å²) in [6.45, 7) is 3.83. The summed E-state index contributed by atoms with van der Waals surface area (Å²) < 4.78 is 0. The number of aromatic nitrogens is 5. The van der Waals surface area contributed by atoms with Gasteiger partial charge < -0.3 is 10.6 Å². The molecule has 0 bridgehead atoms. The van der Waals surface area contributed by atoms with E-state index in [-0.39, 0.29) is 0 Å². The van der Waals surface area contributed by atoms with Crippen molar-refractivity contribution in [1.82, 2.24) is 25.1 Å². The van der Waals surface area contributed by atoms with E-state index in [1.807, 2.05) is 74.5 Å². The monoisotopic (exact) mass is 416 g/mol. The topological polar surface area (TPSA) is 103 Å². The maximum atomic E-state index is 5.36. The molecule has 0 aliphatic heterocycles. The predicted octanol–water partition coefficient (Wildman–Crippen LogP) is 4.43. The first kappa shape index (κ1) is 19.5. The Kier molecular flexibility index (Phi) is 5.62. The second kappa shape index (κ2) is 8.66. The van der Waals surface area contributed by atoms with Crippen molar-refractivity contribution in [3.63, 3.8) is 0 Å². The maximum Gasteiger partial charge on any atom is 0.249 e. The van der Waals surface area contributed by atoms with Crippen molar-refractivity contribution in [2.45, 2.75) is 13.8 Å². The molecule has 0 aliphatic rings. The Bertz CT molecular complexity index is 1140. The van der Waals surface area contributed by atoms with E-state index in [9.17, 15) is 0 Å². The Balaban J connectivity index is 1.40. The highest BCUT2D eigenvalue weighted by Crippen LogP contribution is 2.20. The third-order valence-electron chi connectivity index (χ3n) is 4.14. The molecule has 30 heavy (non-hydrogen) atoms. The molecule has 0 amide bonds. The average molecular weight is 417 g/mol. The molecule has 0 saturated carbocycles. The summed E-state index contributed by atoms with van der Waals surface area (Å²) in [5.74, 6) is 1.51. The normalized spacial score (nSPS) is 10.5. The van der Waals surface area contributed by atoms with E-state index < -0.39 is 0 Å². The van der Waals surface area contributed by atoms with Crippen LogP contribution < -0.4 is 16.0 Å². The van der Waals surface area contributed by atoms with Gasteiger partial charge in [-0.1, -0.05) is 18.2 Å². The van der Waals surface area contributed by atoms with Gasteiger partial charge in [0.15, 0.2) is 10.9 Å². The lowest BCUT2D eigenvalue weighted by atomic mass is 10.2. The molecule has 0 atom stereocenters. The Labute approximate surface area is 179 Å². The fourth-order valence-corrected chi connectivity index (χ4v) is 3.09. The zero-order valence-corrected chi connectivity index (χ0v) is 17.3. The molecular weight excluding hydrogens is 396 g/mol. The van der Waals surface area contributed by atoms with E-state index >= 15 is 0 Å². The molecule has 0 radical (unpaired) electrons. The first-order valence-corrected chi connectivity index (χ1v) is 9.71. The zero-order valence-electron chi connectivity index (χ0n) is 16.5. The van der Waals surface area contributed by atoms with Crippen LogP contribution >= 0.6 is 12.2 Å². The van der Waals surface area contributed by atoms with Crippen LogP contribution in [0.25, 0.3) is 11.4 Å². The maximum absolute atomic E-state index is 5.36. The summed E-state index contributed by atoms with van der Waals surface area (Å²) in [7, 11) is 0. The van der Waals surface area contributed by atoms with Gasteiger partial charge >= 0.3 is 0 Å². The molecular formula is C21H20N8S. The highest BCUT2D eigenvalue weighted by atomic mass is 32.1. The van der Waals surface area contributed by atoms with Gasteiger partial charge in [-0.25, -0.2) is 9.97 Å². The van der Waals surface area contributed by atoms with E-state index in [1.54, 1.807) is 0 Å². The van der Waals surface area contributed by atoms with E-state index in [0.717, 1.165) is 28.3 Å². The molecule has 4 rings (SSSR count). The lowest BCUT2D eigenvalue weighted by Gasteiger charge is -2.10. The highest BCUT2D eigenvalue weighted by Gasteiger charge is 2.08. The molecule has 0 aliphatic carbocycles. The fraction of sp³-hybridized carbons (Fsp3) is 0.0952. The van der Waals surface area contributed by atoms with Crippen molar-refractivity contribution in [3.8, 4) is 11.4 Å². The zero-order chi connectivity index (χ0) is 20.9. The van der Waals surface area contributed by atoms with Crippen molar-refractivity contribution in [3.05, 3.63) is 72.1 Å². The van der Waals surface area contributed by atoms with Gasteiger partial charge in [-0.05, 0) is 68.5 Å². The van der Waals surface area contributed by atoms with Crippen LogP contribution in [0.2, 0.25) is 0 Å². The lowest BCUT2D eigenvalue weighted by Crippen LogP contribution is -2.18. The number of aryl methyl sites for hydroxylation is 2. The molecule has 0 fully saturated rings. The number of benzene rings is 2. The second-order valence-electron chi connectivity index (χ2n) is 6.63. The van der Waals surface area contributed by atoms with Gasteiger partial charge in [-0.15, -0.1) is 5.10 Å². The van der Waals surface area contributed by atoms with Crippen molar-refractivity contribution in [1.29, 1.82) is 0 Å². The van der Waals surface area contributed by atoms with Crippen molar-refractivity contribution >= 4 is 40.6 Å². The Hall–Kier alpha value is -3.85. The first-order chi connectivity index (χ1) is 14.5. The van der Waals surface area contributed by atoms with Crippen LogP contribution in [0.15, 0.2) is 60.7 Å². The minimum Gasteiger partial charge on any atom is -0.332 e. The predicted molar refractivity (Wildman–Crippen MR) is 123 cm³/mol. The molecule has 2 aromatic carbocycles. The van der Waals surface area contributed by atoms with E-state index in [0.29, 0.717) is 22.8 Å². The van der Waals surface area contributed by atoms with Crippen LogP contribution in [0.4, 0.5) is 23.3 Å². The fourth-order valence-electron chi connectivity index (χ4n) is 2.86. The quantitative estimate of drug-likeness (QED) is 0.354. The Morgan fingerprint density at radius 1 is 0.800 bits per heavy atom. The van der Waals surface area contributed by atoms with Crippen molar-refractivity contribution in [2.24, 2.45) is 0 Å². The van der Waals surface area contributed by atoms with Gasteiger partial charge in [-0.3, -0.25) is 10.4 Å². The number of anilines is 4. The number of para-hydroxylation sites is 1. The number of hydrogen-bond acceptors (Lipinski definition) is 6. The number of hydrogen-bond donors (Lipinski definition) is 4. The van der Waals surface area contributed by atoms with Crippen LogP contribution in [-0.4, -0.2) is 30.3 Å². The van der Waals surface area contributed by atoms with Crippen LogP contribution in [0.5, 0.6) is 0 Å². The minimum atomic E-state index is 0.408. The van der Waals surface area contributed by atoms with Crippen molar-refractivity contribution < 1.29 is 0 Å². The van der Waals surface area contributed by atoms with Gasteiger partial charge in [0.2, 0.25) is 11.9 Å². The number of aromatic amines is 1. The standard InChI is InChI=1S/C21H20N8S/c1-13-12-14(2)23-19(22-13)27-20-26-18(28-29-20)15-8-10-17(11-9-15)25-21(30)24-16-6-4-3-5-7-16/h3-12H,1-2H3,(H2,24,25,30)(H2,22,23,26,27,28,29). The Morgan fingerprint density at radius 2 is 1.43 bits per heavy atom. The highest BCUT2D eigenvalue weighted by molar-refractivity contribution is 7.80. The number of nitrogens with one attached hydrogen (secondary N) is 4. The molecule has 8 nitrogen and oxygen atoms in total. The van der Waals surface area contributed by atoms with E-state index in [2.05, 4.69) is 41.1 Å². The molecule has 4 aromatic rings. The number of H-pyrrole nitrogens is 1. The van der Waals surface area contributed by atoms with Gasteiger partial charge in [0.05, 0.1) is 0 Å². The van der Waals surface area contributed by atoms with Crippen molar-refractivity contribution in [2.75, 3.05) is 16.0 Å².